The van der Waals surface area contributed by atoms with Crippen molar-refractivity contribution in [3.8, 4) is 17.1 Å². The first-order valence-corrected chi connectivity index (χ1v) is 10.9. The normalized spacial score (nSPS) is 11.1. The number of hydrogen-bond acceptors (Lipinski definition) is 5. The minimum Gasteiger partial charge on any atom is -0.353 e. The van der Waals surface area contributed by atoms with E-state index in [-0.39, 0.29) is 11.9 Å². The third-order valence-electron chi connectivity index (χ3n) is 4.52. The van der Waals surface area contributed by atoms with Crippen LogP contribution in [-0.2, 0) is 17.6 Å². The molecule has 29 heavy (non-hydrogen) atoms. The summed E-state index contributed by atoms with van der Waals surface area (Å²) in [6, 6.07) is 10.4. The van der Waals surface area contributed by atoms with Gasteiger partial charge in [0.2, 0.25) is 5.91 Å². The first-order chi connectivity index (χ1) is 14.0. The summed E-state index contributed by atoms with van der Waals surface area (Å²) < 4.78 is 2.09. The Kier molecular flexibility index (Phi) is 7.04. The fraction of sp³-hybridized carbons (Fsp3) is 0.364. The zero-order valence-corrected chi connectivity index (χ0v) is 18.2. The van der Waals surface area contributed by atoms with Crippen LogP contribution in [0.5, 0.6) is 0 Å². The Morgan fingerprint density at radius 3 is 2.41 bits per heavy atom. The monoisotopic (exact) mass is 409 g/mol. The summed E-state index contributed by atoms with van der Waals surface area (Å²) in [5, 5.41) is 12.5. The number of aromatic nitrogens is 4. The van der Waals surface area contributed by atoms with Crippen LogP contribution in [0.2, 0.25) is 0 Å². The van der Waals surface area contributed by atoms with Crippen molar-refractivity contribution in [2.24, 2.45) is 0 Å². The Bertz CT molecular complexity index is 946. The van der Waals surface area contributed by atoms with E-state index in [4.69, 9.17) is 0 Å². The predicted octanol–water partition coefficient (Wildman–Crippen LogP) is 4.07. The van der Waals surface area contributed by atoms with Crippen LogP contribution < -0.4 is 5.32 Å². The summed E-state index contributed by atoms with van der Waals surface area (Å²) in [7, 11) is 0. The van der Waals surface area contributed by atoms with Crippen LogP contribution in [0.3, 0.4) is 0 Å². The standard InChI is InChI=1S/C22H27N5OS/c1-5-16-9-7-10-17(6-2)20(16)27-21(18-11-8-12-23-13-18)25-26-22(27)29-14-19(28)24-15(3)4/h7-13,15H,5-6,14H2,1-4H3,(H,24,28). The molecule has 7 heteroatoms. The zero-order chi connectivity index (χ0) is 20.8. The fourth-order valence-corrected chi connectivity index (χ4v) is 3.99. The molecule has 0 aliphatic carbocycles. The summed E-state index contributed by atoms with van der Waals surface area (Å²) in [5.74, 6) is 1.02. The Morgan fingerprint density at radius 1 is 1.10 bits per heavy atom. The molecule has 2 heterocycles. The summed E-state index contributed by atoms with van der Waals surface area (Å²) >= 11 is 1.40. The van der Waals surface area contributed by atoms with Gasteiger partial charge in [-0.15, -0.1) is 10.2 Å². The molecule has 2 aromatic heterocycles. The van der Waals surface area contributed by atoms with Crippen LogP contribution in [0.4, 0.5) is 0 Å². The van der Waals surface area contributed by atoms with Gasteiger partial charge in [0.25, 0.3) is 0 Å². The number of nitrogens with one attached hydrogen (secondary N) is 1. The molecule has 0 saturated heterocycles. The van der Waals surface area contributed by atoms with Crippen molar-refractivity contribution in [2.45, 2.75) is 51.7 Å². The molecule has 0 spiro atoms. The number of carbonyl (C=O) groups excluding carboxylic acids is 1. The second-order valence-electron chi connectivity index (χ2n) is 7.03. The van der Waals surface area contributed by atoms with E-state index in [1.165, 1.54) is 22.9 Å². The highest BCUT2D eigenvalue weighted by atomic mass is 32.2. The molecule has 0 fully saturated rings. The minimum atomic E-state index is -0.0121. The van der Waals surface area contributed by atoms with Gasteiger partial charge in [-0.1, -0.05) is 43.8 Å². The number of amides is 1. The van der Waals surface area contributed by atoms with Gasteiger partial charge >= 0.3 is 0 Å². The van der Waals surface area contributed by atoms with E-state index in [0.29, 0.717) is 10.9 Å². The highest BCUT2D eigenvalue weighted by Crippen LogP contribution is 2.32. The molecule has 0 saturated carbocycles. The van der Waals surface area contributed by atoms with E-state index in [2.05, 4.69) is 57.1 Å². The molecule has 1 aromatic carbocycles. The van der Waals surface area contributed by atoms with Crippen molar-refractivity contribution >= 4 is 17.7 Å². The van der Waals surface area contributed by atoms with E-state index < -0.39 is 0 Å². The van der Waals surface area contributed by atoms with Gasteiger partial charge in [0, 0.05) is 24.0 Å². The number of para-hydroxylation sites is 1. The largest absolute Gasteiger partial charge is 0.353 e. The van der Waals surface area contributed by atoms with E-state index in [9.17, 15) is 4.79 Å². The highest BCUT2D eigenvalue weighted by molar-refractivity contribution is 7.99. The zero-order valence-electron chi connectivity index (χ0n) is 17.3. The van der Waals surface area contributed by atoms with Crippen molar-refractivity contribution in [3.05, 3.63) is 53.9 Å². The van der Waals surface area contributed by atoms with E-state index in [1.54, 1.807) is 12.4 Å². The van der Waals surface area contributed by atoms with Crippen molar-refractivity contribution < 1.29 is 4.79 Å². The maximum absolute atomic E-state index is 12.2. The number of hydrogen-bond donors (Lipinski definition) is 1. The van der Waals surface area contributed by atoms with Gasteiger partial charge in [0.1, 0.15) is 0 Å². The summed E-state index contributed by atoms with van der Waals surface area (Å²) in [5.41, 5.74) is 4.45. The molecule has 152 valence electrons. The lowest BCUT2D eigenvalue weighted by molar-refractivity contribution is -0.119. The van der Waals surface area contributed by atoms with Gasteiger partial charge in [0.15, 0.2) is 11.0 Å². The van der Waals surface area contributed by atoms with Crippen LogP contribution >= 0.6 is 11.8 Å². The molecule has 1 amide bonds. The van der Waals surface area contributed by atoms with E-state index >= 15 is 0 Å². The molecule has 0 unspecified atom stereocenters. The number of pyridine rings is 1. The molecule has 1 N–H and O–H groups in total. The van der Waals surface area contributed by atoms with Crippen LogP contribution in [0.15, 0.2) is 47.9 Å². The number of rotatable bonds is 8. The van der Waals surface area contributed by atoms with Gasteiger partial charge in [-0.2, -0.15) is 0 Å². The molecular formula is C22H27N5OS. The van der Waals surface area contributed by atoms with Gasteiger partial charge in [0.05, 0.1) is 11.4 Å². The van der Waals surface area contributed by atoms with Crippen molar-refractivity contribution in [3.63, 3.8) is 0 Å². The van der Waals surface area contributed by atoms with E-state index in [0.717, 1.165) is 29.9 Å². The average molecular weight is 410 g/mol. The SMILES string of the molecule is CCc1cccc(CC)c1-n1c(SCC(=O)NC(C)C)nnc1-c1cccnc1. The molecule has 0 aliphatic rings. The van der Waals surface area contributed by atoms with Crippen LogP contribution in [0.1, 0.15) is 38.8 Å². The average Bonchev–Trinajstić information content (AvgIpc) is 3.15. The number of aryl methyl sites for hydroxylation is 2. The molecule has 0 bridgehead atoms. The maximum atomic E-state index is 12.2. The van der Waals surface area contributed by atoms with Gasteiger partial charge in [-0.3, -0.25) is 14.3 Å². The van der Waals surface area contributed by atoms with Gasteiger partial charge in [-0.05, 0) is 49.9 Å². The lowest BCUT2D eigenvalue weighted by Gasteiger charge is -2.18. The molecular weight excluding hydrogens is 382 g/mol. The van der Waals surface area contributed by atoms with Crippen LogP contribution in [0, 0.1) is 0 Å². The first kappa shape index (κ1) is 21.0. The van der Waals surface area contributed by atoms with E-state index in [1.807, 2.05) is 26.0 Å². The summed E-state index contributed by atoms with van der Waals surface area (Å²) in [6.45, 7) is 8.21. The second kappa shape index (κ2) is 9.69. The fourth-order valence-electron chi connectivity index (χ4n) is 3.24. The Balaban J connectivity index is 2.11. The Labute approximate surface area is 176 Å². The van der Waals surface area contributed by atoms with Crippen molar-refractivity contribution in [2.75, 3.05) is 5.75 Å². The highest BCUT2D eigenvalue weighted by Gasteiger charge is 2.21. The topological polar surface area (TPSA) is 72.7 Å². The van der Waals surface area contributed by atoms with Crippen LogP contribution in [0.25, 0.3) is 17.1 Å². The predicted molar refractivity (Wildman–Crippen MR) is 117 cm³/mol. The Hall–Kier alpha value is -2.67. The molecule has 6 nitrogen and oxygen atoms in total. The lowest BCUT2D eigenvalue weighted by atomic mass is 10.0. The molecule has 0 aliphatic heterocycles. The molecule has 3 rings (SSSR count). The second-order valence-corrected chi connectivity index (χ2v) is 7.97. The summed E-state index contributed by atoms with van der Waals surface area (Å²) in [6.07, 6.45) is 5.33. The Morgan fingerprint density at radius 2 is 1.83 bits per heavy atom. The molecule has 0 atom stereocenters. The third-order valence-corrected chi connectivity index (χ3v) is 5.45. The smallest absolute Gasteiger partial charge is 0.230 e. The number of benzene rings is 1. The number of thioether (sulfide) groups is 1. The lowest BCUT2D eigenvalue weighted by Crippen LogP contribution is -2.31. The van der Waals surface area contributed by atoms with Gasteiger partial charge in [-0.25, -0.2) is 0 Å². The minimum absolute atomic E-state index is 0.0121. The molecule has 3 aromatic rings. The molecule has 0 radical (unpaired) electrons. The van der Waals surface area contributed by atoms with Crippen LogP contribution in [-0.4, -0.2) is 37.5 Å². The summed E-state index contributed by atoms with van der Waals surface area (Å²) in [4.78, 5) is 16.4. The maximum Gasteiger partial charge on any atom is 0.230 e. The van der Waals surface area contributed by atoms with Crippen molar-refractivity contribution in [1.82, 2.24) is 25.1 Å². The first-order valence-electron chi connectivity index (χ1n) is 9.94. The quantitative estimate of drug-likeness (QED) is 0.568. The van der Waals surface area contributed by atoms with Gasteiger partial charge < -0.3 is 5.32 Å². The number of carbonyl (C=O) groups is 1. The third kappa shape index (κ3) is 4.85. The number of nitrogens with zero attached hydrogens (tertiary/aromatic N) is 4. The van der Waals surface area contributed by atoms with Crippen molar-refractivity contribution in [1.29, 1.82) is 0 Å².